The van der Waals surface area contributed by atoms with E-state index < -0.39 is 0 Å². The Morgan fingerprint density at radius 2 is 1.94 bits per heavy atom. The van der Waals surface area contributed by atoms with Gasteiger partial charge >= 0.3 is 0 Å². The summed E-state index contributed by atoms with van der Waals surface area (Å²) in [6.45, 7) is 8.13. The quantitative estimate of drug-likeness (QED) is 0.534. The second-order valence-electron chi connectivity index (χ2n) is 4.14. The fourth-order valence-electron chi connectivity index (χ4n) is 1.65. The summed E-state index contributed by atoms with van der Waals surface area (Å²) in [6, 6.07) is 8.52. The van der Waals surface area contributed by atoms with Crippen LogP contribution in [0.1, 0.15) is 37.8 Å². The van der Waals surface area contributed by atoms with Crippen LogP contribution in [0.3, 0.4) is 0 Å². The molecule has 0 aliphatic heterocycles. The highest BCUT2D eigenvalue weighted by molar-refractivity contribution is 6.21. The van der Waals surface area contributed by atoms with E-state index in [9.17, 15) is 0 Å². The van der Waals surface area contributed by atoms with Crippen molar-refractivity contribution >= 4 is 11.3 Å². The van der Waals surface area contributed by atoms with Gasteiger partial charge in [-0.2, -0.15) is 0 Å². The number of benzene rings is 1. The first-order valence-electron chi connectivity index (χ1n) is 6.05. The molecule has 17 heavy (non-hydrogen) atoms. The van der Waals surface area contributed by atoms with E-state index in [0.717, 1.165) is 23.3 Å². The first-order chi connectivity index (χ1) is 8.19. The van der Waals surface area contributed by atoms with Crippen LogP contribution in [0.4, 0.5) is 0 Å². The predicted molar refractivity (Wildman–Crippen MR) is 74.2 cm³/mol. The number of nitrogens with zero attached hydrogens (tertiary/aromatic N) is 1. The molecule has 92 valence electrons. The molecule has 0 radical (unpaired) electrons. The number of unbranched alkanes of at least 4 members (excludes halogenated alkanes) is 1. The van der Waals surface area contributed by atoms with Crippen molar-refractivity contribution < 1.29 is 4.84 Å². The molecule has 1 rings (SSSR count). The SMILES string of the molecule is C=C(/C(C)=N/OC)c1ccc(CCCC)cc1. The minimum Gasteiger partial charge on any atom is -0.399 e. The number of rotatable bonds is 6. The molecule has 0 aliphatic carbocycles. The van der Waals surface area contributed by atoms with Crippen LogP contribution >= 0.6 is 0 Å². The molecule has 0 heterocycles. The third-order valence-electron chi connectivity index (χ3n) is 2.79. The maximum atomic E-state index is 4.75. The molecule has 0 unspecified atom stereocenters. The number of oxime groups is 1. The minimum absolute atomic E-state index is 0.814. The van der Waals surface area contributed by atoms with E-state index >= 15 is 0 Å². The molecule has 0 saturated carbocycles. The van der Waals surface area contributed by atoms with Crippen molar-refractivity contribution in [1.29, 1.82) is 0 Å². The predicted octanol–water partition coefficient (Wildman–Crippen LogP) is 4.06. The van der Waals surface area contributed by atoms with Crippen molar-refractivity contribution in [2.75, 3.05) is 7.11 Å². The van der Waals surface area contributed by atoms with Gasteiger partial charge in [0, 0.05) is 0 Å². The Morgan fingerprint density at radius 1 is 1.29 bits per heavy atom. The van der Waals surface area contributed by atoms with Gasteiger partial charge in [0.2, 0.25) is 0 Å². The minimum atomic E-state index is 0.814. The summed E-state index contributed by atoms with van der Waals surface area (Å²) < 4.78 is 0. The van der Waals surface area contributed by atoms with Crippen LogP contribution < -0.4 is 0 Å². The Hall–Kier alpha value is -1.57. The summed E-state index contributed by atoms with van der Waals surface area (Å²) in [7, 11) is 1.55. The third-order valence-corrected chi connectivity index (χ3v) is 2.79. The van der Waals surface area contributed by atoms with Gasteiger partial charge in [0.05, 0.1) is 5.71 Å². The third kappa shape index (κ3) is 4.06. The normalized spacial score (nSPS) is 11.4. The van der Waals surface area contributed by atoms with Crippen LogP contribution in [0.25, 0.3) is 5.57 Å². The van der Waals surface area contributed by atoms with Crippen molar-refractivity contribution in [1.82, 2.24) is 0 Å². The van der Waals surface area contributed by atoms with Gasteiger partial charge < -0.3 is 4.84 Å². The largest absolute Gasteiger partial charge is 0.399 e. The van der Waals surface area contributed by atoms with Gasteiger partial charge in [-0.3, -0.25) is 0 Å². The van der Waals surface area contributed by atoms with Crippen LogP contribution in [0.15, 0.2) is 36.0 Å². The van der Waals surface area contributed by atoms with Crippen LogP contribution in [0, 0.1) is 0 Å². The maximum Gasteiger partial charge on any atom is 0.106 e. The lowest BCUT2D eigenvalue weighted by Crippen LogP contribution is -1.96. The molecule has 2 heteroatoms. The van der Waals surface area contributed by atoms with Crippen LogP contribution in [-0.2, 0) is 11.3 Å². The molecule has 0 N–H and O–H groups in total. The lowest BCUT2D eigenvalue weighted by molar-refractivity contribution is 0.214. The molecule has 1 aromatic rings. The van der Waals surface area contributed by atoms with Crippen molar-refractivity contribution in [3.05, 3.63) is 42.0 Å². The molecule has 0 fully saturated rings. The number of hydrogen-bond donors (Lipinski definition) is 0. The Morgan fingerprint density at radius 3 is 2.47 bits per heavy atom. The molecule has 0 atom stereocenters. The van der Waals surface area contributed by atoms with Crippen molar-refractivity contribution in [3.63, 3.8) is 0 Å². The highest BCUT2D eigenvalue weighted by Gasteiger charge is 2.03. The lowest BCUT2D eigenvalue weighted by atomic mass is 10.0. The van der Waals surface area contributed by atoms with Crippen LogP contribution in [-0.4, -0.2) is 12.8 Å². The van der Waals surface area contributed by atoms with E-state index in [1.54, 1.807) is 7.11 Å². The number of allylic oxidation sites excluding steroid dienone is 1. The van der Waals surface area contributed by atoms with Gasteiger partial charge in [-0.05, 0) is 36.5 Å². The van der Waals surface area contributed by atoms with E-state index in [4.69, 9.17) is 4.84 Å². The Bertz CT molecular complexity index is 390. The first kappa shape index (κ1) is 13.5. The highest BCUT2D eigenvalue weighted by Crippen LogP contribution is 2.16. The monoisotopic (exact) mass is 231 g/mol. The van der Waals surface area contributed by atoms with E-state index in [2.05, 4.69) is 42.9 Å². The zero-order valence-electron chi connectivity index (χ0n) is 11.0. The Balaban J connectivity index is 2.73. The van der Waals surface area contributed by atoms with E-state index in [0.29, 0.717) is 0 Å². The standard InChI is InChI=1S/C15H21NO/c1-5-6-7-14-8-10-15(11-9-14)12(2)13(3)16-17-4/h8-11H,2,5-7H2,1,3-4H3/b16-13+. The molecular formula is C15H21NO. The number of aryl methyl sites for hydroxylation is 1. The van der Waals surface area contributed by atoms with Crippen molar-refractivity contribution in [3.8, 4) is 0 Å². The summed E-state index contributed by atoms with van der Waals surface area (Å²) in [6.07, 6.45) is 3.62. The van der Waals surface area contributed by atoms with Gasteiger partial charge in [-0.15, -0.1) is 0 Å². The van der Waals surface area contributed by atoms with Gasteiger partial charge in [0.25, 0.3) is 0 Å². The smallest absolute Gasteiger partial charge is 0.106 e. The summed E-state index contributed by atoms with van der Waals surface area (Å²) >= 11 is 0. The lowest BCUT2D eigenvalue weighted by Gasteiger charge is -2.06. The summed E-state index contributed by atoms with van der Waals surface area (Å²) in [4.78, 5) is 4.75. The molecule has 0 aliphatic rings. The summed E-state index contributed by atoms with van der Waals surface area (Å²) in [5.41, 5.74) is 4.20. The van der Waals surface area contributed by atoms with Crippen molar-refractivity contribution in [2.24, 2.45) is 5.16 Å². The molecule has 0 saturated heterocycles. The van der Waals surface area contributed by atoms with Crippen LogP contribution in [0.5, 0.6) is 0 Å². The fourth-order valence-corrected chi connectivity index (χ4v) is 1.65. The zero-order valence-corrected chi connectivity index (χ0v) is 11.0. The second kappa shape index (κ2) is 6.89. The van der Waals surface area contributed by atoms with Gasteiger partial charge in [-0.1, -0.05) is 49.3 Å². The Labute approximate surface area is 104 Å². The van der Waals surface area contributed by atoms with E-state index in [1.807, 2.05) is 6.92 Å². The molecule has 0 aromatic heterocycles. The molecular weight excluding hydrogens is 210 g/mol. The fraction of sp³-hybridized carbons (Fsp3) is 0.400. The van der Waals surface area contributed by atoms with E-state index in [1.165, 1.54) is 18.4 Å². The van der Waals surface area contributed by atoms with Gasteiger partial charge in [0.15, 0.2) is 0 Å². The van der Waals surface area contributed by atoms with E-state index in [-0.39, 0.29) is 0 Å². The number of hydrogen-bond acceptors (Lipinski definition) is 2. The molecule has 0 amide bonds. The molecule has 1 aromatic carbocycles. The Kier molecular flexibility index (Phi) is 5.47. The average molecular weight is 231 g/mol. The van der Waals surface area contributed by atoms with Gasteiger partial charge in [-0.25, -0.2) is 0 Å². The van der Waals surface area contributed by atoms with Crippen LogP contribution in [0.2, 0.25) is 0 Å². The highest BCUT2D eigenvalue weighted by atomic mass is 16.6. The topological polar surface area (TPSA) is 21.6 Å². The zero-order chi connectivity index (χ0) is 12.7. The second-order valence-corrected chi connectivity index (χ2v) is 4.14. The van der Waals surface area contributed by atoms with Crippen molar-refractivity contribution in [2.45, 2.75) is 33.1 Å². The summed E-state index contributed by atoms with van der Waals surface area (Å²) in [5, 5.41) is 3.89. The maximum absolute atomic E-state index is 4.75. The van der Waals surface area contributed by atoms with Gasteiger partial charge in [0.1, 0.15) is 7.11 Å². The molecule has 0 bridgehead atoms. The molecule has 0 spiro atoms. The summed E-state index contributed by atoms with van der Waals surface area (Å²) in [5.74, 6) is 0. The first-order valence-corrected chi connectivity index (χ1v) is 6.05. The molecule has 2 nitrogen and oxygen atoms in total. The average Bonchev–Trinajstić information content (AvgIpc) is 2.36.